The minimum absolute atomic E-state index is 0.0671. The van der Waals surface area contributed by atoms with Crippen LogP contribution in [-0.4, -0.2) is 30.1 Å². The van der Waals surface area contributed by atoms with Crippen LogP contribution >= 0.6 is 11.6 Å². The van der Waals surface area contributed by atoms with Crippen LogP contribution in [0.4, 0.5) is 0 Å². The van der Waals surface area contributed by atoms with Gasteiger partial charge >= 0.3 is 5.97 Å². The van der Waals surface area contributed by atoms with E-state index >= 15 is 0 Å². The summed E-state index contributed by atoms with van der Waals surface area (Å²) < 4.78 is 5.04. The topological polar surface area (TPSA) is 63.6 Å². The first kappa shape index (κ1) is 11.2. The van der Waals surface area contributed by atoms with Crippen LogP contribution in [-0.2, 0) is 14.3 Å². The number of allylic oxidation sites excluding steroid dienone is 1. The molecule has 5 heteroatoms. The molecule has 0 radical (unpaired) electrons. The Balaban J connectivity index is 2.89. The summed E-state index contributed by atoms with van der Waals surface area (Å²) in [6.07, 6.45) is 1.70. The van der Waals surface area contributed by atoms with E-state index in [1.54, 1.807) is 0 Å². The van der Waals surface area contributed by atoms with Gasteiger partial charge in [-0.3, -0.25) is 9.59 Å². The molecular formula is C9H11ClO4. The van der Waals surface area contributed by atoms with Crippen molar-refractivity contribution in [2.45, 2.75) is 12.8 Å². The van der Waals surface area contributed by atoms with E-state index in [1.807, 2.05) is 0 Å². The van der Waals surface area contributed by atoms with Crippen molar-refractivity contribution in [1.82, 2.24) is 0 Å². The van der Waals surface area contributed by atoms with Crippen molar-refractivity contribution in [3.63, 3.8) is 0 Å². The summed E-state index contributed by atoms with van der Waals surface area (Å²) in [5.74, 6) is -1.43. The van der Waals surface area contributed by atoms with E-state index in [2.05, 4.69) is 0 Å². The fourth-order valence-corrected chi connectivity index (χ4v) is 1.51. The highest BCUT2D eigenvalue weighted by atomic mass is 35.5. The molecule has 0 aliphatic carbocycles. The number of Topliss-reactive ketones (excluding diaryl/α,β-unsaturated/α-hetero) is 1. The molecule has 14 heavy (non-hydrogen) atoms. The lowest BCUT2D eigenvalue weighted by Gasteiger charge is -2.30. The van der Waals surface area contributed by atoms with E-state index in [0.29, 0.717) is 6.61 Å². The van der Waals surface area contributed by atoms with Crippen LogP contribution in [0.15, 0.2) is 11.6 Å². The first-order valence-corrected chi connectivity index (χ1v) is 4.67. The summed E-state index contributed by atoms with van der Waals surface area (Å²) in [7, 11) is 0. The summed E-state index contributed by atoms with van der Waals surface area (Å²) >= 11 is 5.31. The standard InChI is InChI=1S/C9H11ClO4/c10-4-1-3-9(8(12)13)6-14-5-2-7(9)11/h1,4H,2-3,5-6H2,(H,12,13)/b4-1+. The van der Waals surface area contributed by atoms with Crippen molar-refractivity contribution in [2.75, 3.05) is 13.2 Å². The number of carboxylic acids is 1. The van der Waals surface area contributed by atoms with Crippen molar-refractivity contribution in [3.8, 4) is 0 Å². The molecule has 1 heterocycles. The van der Waals surface area contributed by atoms with E-state index in [1.165, 1.54) is 11.6 Å². The van der Waals surface area contributed by atoms with Gasteiger partial charge in [-0.15, -0.1) is 0 Å². The molecule has 1 unspecified atom stereocenters. The number of rotatable bonds is 3. The summed E-state index contributed by atoms with van der Waals surface area (Å²) in [5.41, 5.74) is -0.212. The highest BCUT2D eigenvalue weighted by Gasteiger charge is 2.46. The van der Waals surface area contributed by atoms with Gasteiger partial charge in [-0.05, 0) is 6.42 Å². The lowest BCUT2D eigenvalue weighted by molar-refractivity contribution is -0.164. The molecule has 0 spiro atoms. The molecule has 1 aliphatic heterocycles. The Bertz CT molecular complexity index is 274. The predicted molar refractivity (Wildman–Crippen MR) is 50.1 cm³/mol. The highest BCUT2D eigenvalue weighted by Crippen LogP contribution is 2.30. The second-order valence-electron chi connectivity index (χ2n) is 3.18. The van der Waals surface area contributed by atoms with Gasteiger partial charge in [0.15, 0.2) is 11.2 Å². The Kier molecular flexibility index (Phi) is 3.66. The van der Waals surface area contributed by atoms with Crippen LogP contribution < -0.4 is 0 Å². The van der Waals surface area contributed by atoms with Crippen LogP contribution in [0.1, 0.15) is 12.8 Å². The number of carbonyl (C=O) groups excluding carboxylic acids is 1. The molecule has 0 aromatic heterocycles. The minimum Gasteiger partial charge on any atom is -0.480 e. The lowest BCUT2D eigenvalue weighted by Crippen LogP contribution is -2.46. The summed E-state index contributed by atoms with van der Waals surface area (Å²) in [6.45, 7) is 0.237. The zero-order valence-corrected chi connectivity index (χ0v) is 8.29. The molecular weight excluding hydrogens is 208 g/mol. The second-order valence-corrected chi connectivity index (χ2v) is 3.43. The smallest absolute Gasteiger partial charge is 0.319 e. The van der Waals surface area contributed by atoms with Crippen molar-refractivity contribution in [2.24, 2.45) is 5.41 Å². The molecule has 1 N–H and O–H groups in total. The molecule has 1 rings (SSSR count). The average molecular weight is 219 g/mol. The van der Waals surface area contributed by atoms with Crippen molar-refractivity contribution < 1.29 is 19.4 Å². The van der Waals surface area contributed by atoms with Crippen LogP contribution in [0.5, 0.6) is 0 Å². The van der Waals surface area contributed by atoms with Crippen LogP contribution in [0.25, 0.3) is 0 Å². The van der Waals surface area contributed by atoms with Gasteiger partial charge in [0.05, 0.1) is 13.2 Å². The molecule has 0 aromatic carbocycles. The third-order valence-corrected chi connectivity index (χ3v) is 2.50. The van der Waals surface area contributed by atoms with Gasteiger partial charge in [0.1, 0.15) is 0 Å². The maximum Gasteiger partial charge on any atom is 0.319 e. The largest absolute Gasteiger partial charge is 0.480 e. The Morgan fingerprint density at radius 3 is 2.93 bits per heavy atom. The first-order chi connectivity index (χ1) is 6.63. The van der Waals surface area contributed by atoms with Gasteiger partial charge in [0.25, 0.3) is 0 Å². The number of halogens is 1. The number of hydrogen-bond acceptors (Lipinski definition) is 3. The van der Waals surface area contributed by atoms with Crippen molar-refractivity contribution in [3.05, 3.63) is 11.6 Å². The number of ether oxygens (including phenoxy) is 1. The van der Waals surface area contributed by atoms with E-state index < -0.39 is 11.4 Å². The highest BCUT2D eigenvalue weighted by molar-refractivity contribution is 6.25. The molecule has 4 nitrogen and oxygen atoms in total. The van der Waals surface area contributed by atoms with Crippen LogP contribution in [0.3, 0.4) is 0 Å². The van der Waals surface area contributed by atoms with Crippen LogP contribution in [0, 0.1) is 5.41 Å². The van der Waals surface area contributed by atoms with Gasteiger partial charge in [-0.1, -0.05) is 17.7 Å². The Morgan fingerprint density at radius 1 is 1.71 bits per heavy atom. The Hall–Kier alpha value is -0.870. The summed E-state index contributed by atoms with van der Waals surface area (Å²) in [5, 5.41) is 9.01. The van der Waals surface area contributed by atoms with Gasteiger partial charge in [0.2, 0.25) is 0 Å². The quantitative estimate of drug-likeness (QED) is 0.723. The molecule has 0 bridgehead atoms. The van der Waals surface area contributed by atoms with E-state index in [-0.39, 0.29) is 25.2 Å². The second kappa shape index (κ2) is 4.57. The van der Waals surface area contributed by atoms with Gasteiger partial charge in [0, 0.05) is 12.0 Å². The molecule has 1 aliphatic rings. The predicted octanol–water partition coefficient (Wildman–Crippen LogP) is 1.19. The normalized spacial score (nSPS) is 28.2. The first-order valence-electron chi connectivity index (χ1n) is 4.23. The molecule has 1 saturated heterocycles. The minimum atomic E-state index is -1.43. The number of ketones is 1. The number of hydrogen-bond donors (Lipinski definition) is 1. The maximum atomic E-state index is 11.5. The molecule has 1 fully saturated rings. The van der Waals surface area contributed by atoms with E-state index in [4.69, 9.17) is 21.4 Å². The Labute approximate surface area is 86.5 Å². The van der Waals surface area contributed by atoms with E-state index in [0.717, 1.165) is 0 Å². The third kappa shape index (κ3) is 1.96. The van der Waals surface area contributed by atoms with Crippen molar-refractivity contribution >= 4 is 23.4 Å². The van der Waals surface area contributed by atoms with Gasteiger partial charge in [-0.2, -0.15) is 0 Å². The zero-order valence-electron chi connectivity index (χ0n) is 7.53. The third-order valence-electron chi connectivity index (χ3n) is 2.32. The number of carbonyl (C=O) groups is 2. The maximum absolute atomic E-state index is 11.5. The van der Waals surface area contributed by atoms with Gasteiger partial charge in [-0.25, -0.2) is 0 Å². The molecule has 0 saturated carbocycles. The fraction of sp³-hybridized carbons (Fsp3) is 0.556. The molecule has 1 atom stereocenters. The zero-order chi connectivity index (χ0) is 10.6. The Morgan fingerprint density at radius 2 is 2.43 bits per heavy atom. The number of carboxylic acid groups (broad SMARTS) is 1. The lowest BCUT2D eigenvalue weighted by atomic mass is 9.78. The molecule has 0 aromatic rings. The fourth-order valence-electron chi connectivity index (χ4n) is 1.42. The van der Waals surface area contributed by atoms with E-state index in [9.17, 15) is 9.59 Å². The SMILES string of the molecule is O=C(O)C1(C/C=C/Cl)COCCC1=O. The number of aliphatic carboxylic acids is 1. The molecule has 78 valence electrons. The monoisotopic (exact) mass is 218 g/mol. The van der Waals surface area contributed by atoms with Gasteiger partial charge < -0.3 is 9.84 Å². The summed E-state index contributed by atoms with van der Waals surface area (Å²) in [6, 6.07) is 0. The summed E-state index contributed by atoms with van der Waals surface area (Å²) in [4.78, 5) is 22.5. The van der Waals surface area contributed by atoms with Crippen LogP contribution in [0.2, 0.25) is 0 Å². The average Bonchev–Trinajstić information content (AvgIpc) is 2.16. The molecule has 0 amide bonds. The van der Waals surface area contributed by atoms with Crippen molar-refractivity contribution in [1.29, 1.82) is 0 Å².